The molecule has 9 heteroatoms. The van der Waals surface area contributed by atoms with E-state index in [0.29, 0.717) is 25.0 Å². The number of nitrogens with one attached hydrogen (secondary N) is 1. The van der Waals surface area contributed by atoms with Crippen LogP contribution in [-0.2, 0) is 16.2 Å². The van der Waals surface area contributed by atoms with Crippen molar-refractivity contribution in [1.82, 2.24) is 4.72 Å². The van der Waals surface area contributed by atoms with E-state index in [1.54, 1.807) is 13.8 Å². The van der Waals surface area contributed by atoms with Crippen LogP contribution in [0, 0.1) is 5.82 Å². The molecule has 0 aliphatic heterocycles. The molecule has 0 saturated heterocycles. The van der Waals surface area contributed by atoms with Crippen LogP contribution in [0.15, 0.2) is 23.1 Å². The minimum absolute atomic E-state index is 0.0557. The predicted molar refractivity (Wildman–Crippen MR) is 74.1 cm³/mol. The Morgan fingerprint density at radius 1 is 1.18 bits per heavy atom. The number of sulfonamides is 1. The second-order valence-electron chi connectivity index (χ2n) is 4.94. The minimum atomic E-state index is -4.77. The van der Waals surface area contributed by atoms with Gasteiger partial charge >= 0.3 is 6.18 Å². The minimum Gasteiger partial charge on any atom is -0.329 e. The molecule has 3 N–H and O–H groups in total. The van der Waals surface area contributed by atoms with Gasteiger partial charge in [-0.3, -0.25) is 0 Å². The normalized spacial score (nSPS) is 13.4. The van der Waals surface area contributed by atoms with Gasteiger partial charge in [-0.25, -0.2) is 17.5 Å². The number of hydrogen-bond donors (Lipinski definition) is 2. The van der Waals surface area contributed by atoms with Crippen LogP contribution in [0.1, 0.15) is 32.3 Å². The van der Waals surface area contributed by atoms with Crippen molar-refractivity contribution in [2.45, 2.75) is 43.3 Å². The number of hydrogen-bond acceptors (Lipinski definition) is 3. The fourth-order valence-electron chi connectivity index (χ4n) is 1.95. The average Bonchev–Trinajstić information content (AvgIpc) is 2.44. The zero-order chi connectivity index (χ0) is 17.2. The highest BCUT2D eigenvalue weighted by molar-refractivity contribution is 7.89. The van der Waals surface area contributed by atoms with Crippen molar-refractivity contribution in [3.8, 4) is 0 Å². The Labute approximate surface area is 126 Å². The van der Waals surface area contributed by atoms with Crippen LogP contribution in [0.3, 0.4) is 0 Å². The van der Waals surface area contributed by atoms with Crippen molar-refractivity contribution >= 4 is 10.0 Å². The molecule has 1 aromatic rings. The average molecular weight is 342 g/mol. The summed E-state index contributed by atoms with van der Waals surface area (Å²) < 4.78 is 78.5. The molecule has 0 unspecified atom stereocenters. The number of rotatable bonds is 6. The van der Waals surface area contributed by atoms with E-state index in [9.17, 15) is 26.0 Å². The monoisotopic (exact) mass is 342 g/mol. The highest BCUT2D eigenvalue weighted by atomic mass is 32.2. The fraction of sp³-hybridized carbons (Fsp3) is 0.538. The molecule has 0 aromatic heterocycles. The van der Waals surface area contributed by atoms with Gasteiger partial charge in [-0.2, -0.15) is 13.2 Å². The molecule has 0 heterocycles. The van der Waals surface area contributed by atoms with Gasteiger partial charge in [-0.1, -0.05) is 13.8 Å². The third-order valence-electron chi connectivity index (χ3n) is 3.64. The van der Waals surface area contributed by atoms with E-state index in [1.807, 2.05) is 0 Å². The second kappa shape index (κ2) is 6.51. The summed E-state index contributed by atoms with van der Waals surface area (Å²) in [5, 5.41) is 0. The Balaban J connectivity index is 3.34. The van der Waals surface area contributed by atoms with Crippen molar-refractivity contribution < 1.29 is 26.0 Å². The van der Waals surface area contributed by atoms with Gasteiger partial charge in [0.15, 0.2) is 0 Å². The van der Waals surface area contributed by atoms with Crippen LogP contribution in [0.4, 0.5) is 17.6 Å². The van der Waals surface area contributed by atoms with Gasteiger partial charge in [0.2, 0.25) is 10.0 Å². The van der Waals surface area contributed by atoms with Gasteiger partial charge in [-0.15, -0.1) is 0 Å². The third kappa shape index (κ3) is 3.96. The first-order valence-electron chi connectivity index (χ1n) is 6.62. The molecule has 0 saturated carbocycles. The number of halogens is 4. The van der Waals surface area contributed by atoms with Crippen LogP contribution >= 0.6 is 0 Å². The summed E-state index contributed by atoms with van der Waals surface area (Å²) in [6.45, 7) is 3.31. The highest BCUT2D eigenvalue weighted by Crippen LogP contribution is 2.32. The van der Waals surface area contributed by atoms with Gasteiger partial charge in [-0.05, 0) is 31.0 Å². The Hall–Kier alpha value is -1.19. The summed E-state index contributed by atoms with van der Waals surface area (Å²) >= 11 is 0. The Morgan fingerprint density at radius 3 is 2.14 bits per heavy atom. The van der Waals surface area contributed by atoms with Crippen molar-refractivity contribution in [1.29, 1.82) is 0 Å². The van der Waals surface area contributed by atoms with E-state index in [-0.39, 0.29) is 12.6 Å². The molecule has 126 valence electrons. The van der Waals surface area contributed by atoms with Crippen molar-refractivity contribution in [2.24, 2.45) is 5.73 Å². The Kier molecular flexibility index (Phi) is 5.58. The van der Waals surface area contributed by atoms with E-state index < -0.39 is 38.0 Å². The van der Waals surface area contributed by atoms with Gasteiger partial charge in [0.25, 0.3) is 0 Å². The molecule has 0 amide bonds. The zero-order valence-electron chi connectivity index (χ0n) is 12.2. The van der Waals surface area contributed by atoms with E-state index in [0.717, 1.165) is 0 Å². The molecular formula is C13H18F4N2O2S. The molecule has 0 bridgehead atoms. The summed E-state index contributed by atoms with van der Waals surface area (Å²) in [6.07, 6.45) is -4.13. The van der Waals surface area contributed by atoms with Crippen LogP contribution in [0.2, 0.25) is 0 Å². The number of alkyl halides is 3. The van der Waals surface area contributed by atoms with Crippen LogP contribution < -0.4 is 10.5 Å². The topological polar surface area (TPSA) is 72.2 Å². The van der Waals surface area contributed by atoms with Gasteiger partial charge in [0, 0.05) is 12.1 Å². The smallest absolute Gasteiger partial charge is 0.329 e. The predicted octanol–water partition coefficient (Wildman–Crippen LogP) is 2.64. The lowest BCUT2D eigenvalue weighted by Crippen LogP contribution is -2.52. The van der Waals surface area contributed by atoms with Crippen molar-refractivity contribution in [3.63, 3.8) is 0 Å². The summed E-state index contributed by atoms with van der Waals surface area (Å²) in [7, 11) is -4.47. The van der Waals surface area contributed by atoms with Crippen molar-refractivity contribution in [3.05, 3.63) is 29.6 Å². The maximum atomic E-state index is 13.7. The standard InChI is InChI=1S/C13H18F4N2O2S/c1-3-12(4-2,8-18)19-22(20,21)11-7-9(13(15,16)17)5-6-10(11)14/h5-7,19H,3-4,8,18H2,1-2H3. The molecule has 22 heavy (non-hydrogen) atoms. The van der Waals surface area contributed by atoms with Crippen LogP contribution in [0.25, 0.3) is 0 Å². The van der Waals surface area contributed by atoms with E-state index in [4.69, 9.17) is 5.73 Å². The molecule has 0 aliphatic rings. The second-order valence-corrected chi connectivity index (χ2v) is 6.59. The molecule has 1 rings (SSSR count). The zero-order valence-corrected chi connectivity index (χ0v) is 13.0. The fourth-order valence-corrected chi connectivity index (χ4v) is 3.61. The first kappa shape index (κ1) is 18.9. The summed E-state index contributed by atoms with van der Waals surface area (Å²) in [5.74, 6) is -1.25. The van der Waals surface area contributed by atoms with Crippen molar-refractivity contribution in [2.75, 3.05) is 6.54 Å². The van der Waals surface area contributed by atoms with E-state index >= 15 is 0 Å². The van der Waals surface area contributed by atoms with Gasteiger partial charge in [0.05, 0.1) is 5.56 Å². The molecule has 0 atom stereocenters. The highest BCUT2D eigenvalue weighted by Gasteiger charge is 2.36. The Morgan fingerprint density at radius 2 is 1.73 bits per heavy atom. The van der Waals surface area contributed by atoms with Crippen LogP contribution in [-0.4, -0.2) is 20.5 Å². The van der Waals surface area contributed by atoms with E-state index in [2.05, 4.69) is 4.72 Å². The Bertz CT molecular complexity index is 617. The SMILES string of the molecule is CCC(CC)(CN)NS(=O)(=O)c1cc(C(F)(F)F)ccc1F. The molecule has 0 fully saturated rings. The third-order valence-corrected chi connectivity index (χ3v) is 5.24. The molecular weight excluding hydrogens is 324 g/mol. The van der Waals surface area contributed by atoms with Gasteiger partial charge in [0.1, 0.15) is 10.7 Å². The largest absolute Gasteiger partial charge is 0.416 e. The lowest BCUT2D eigenvalue weighted by molar-refractivity contribution is -0.137. The first-order chi connectivity index (χ1) is 10.0. The molecule has 0 radical (unpaired) electrons. The summed E-state index contributed by atoms with van der Waals surface area (Å²) in [5.41, 5.74) is 3.29. The molecule has 0 aliphatic carbocycles. The molecule has 1 aromatic carbocycles. The maximum Gasteiger partial charge on any atom is 0.416 e. The molecule has 4 nitrogen and oxygen atoms in total. The van der Waals surface area contributed by atoms with E-state index in [1.165, 1.54) is 0 Å². The molecule has 0 spiro atoms. The van der Waals surface area contributed by atoms with Crippen LogP contribution in [0.5, 0.6) is 0 Å². The summed E-state index contributed by atoms with van der Waals surface area (Å²) in [6, 6.07) is 1.26. The first-order valence-corrected chi connectivity index (χ1v) is 8.10. The quantitative estimate of drug-likeness (QED) is 0.781. The lowest BCUT2D eigenvalue weighted by Gasteiger charge is -2.31. The maximum absolute atomic E-state index is 13.7. The summed E-state index contributed by atoms with van der Waals surface area (Å²) in [4.78, 5) is -1.04. The number of benzene rings is 1. The van der Waals surface area contributed by atoms with Gasteiger partial charge < -0.3 is 5.73 Å². The lowest BCUT2D eigenvalue weighted by atomic mass is 9.95. The number of nitrogens with two attached hydrogens (primary N) is 1.